The Morgan fingerprint density at radius 2 is 2.15 bits per heavy atom. The lowest BCUT2D eigenvalue weighted by atomic mass is 10.2. The molecule has 0 fully saturated rings. The van der Waals surface area contributed by atoms with Gasteiger partial charge in [-0.05, 0) is 24.6 Å². The molecule has 0 radical (unpaired) electrons. The van der Waals surface area contributed by atoms with Crippen molar-refractivity contribution in [1.82, 2.24) is 4.72 Å². The number of hydrogen-bond acceptors (Lipinski definition) is 6. The smallest absolute Gasteiger partial charge is 0.336 e. The molecule has 0 bridgehead atoms. The standard InChI is InChI=1S/C11H15BrN2O5S/c1-6-8(13)3-7(12)4-10(6)20(17,18)14-5-9(15)11(16)19-2/h3-4,9,14-15H,5,13H2,1-2H3. The first kappa shape index (κ1) is 16.9. The number of hydrogen-bond donors (Lipinski definition) is 3. The predicted molar refractivity (Wildman–Crippen MR) is 76.5 cm³/mol. The molecule has 0 heterocycles. The minimum Gasteiger partial charge on any atom is -0.467 e. The van der Waals surface area contributed by atoms with Gasteiger partial charge in [-0.15, -0.1) is 0 Å². The van der Waals surface area contributed by atoms with Gasteiger partial charge < -0.3 is 15.6 Å². The Balaban J connectivity index is 2.98. The van der Waals surface area contributed by atoms with Crippen LogP contribution in [-0.2, 0) is 19.6 Å². The van der Waals surface area contributed by atoms with Crippen molar-refractivity contribution in [3.63, 3.8) is 0 Å². The fourth-order valence-corrected chi connectivity index (χ4v) is 3.40. The normalized spacial score (nSPS) is 13.0. The van der Waals surface area contributed by atoms with E-state index in [0.29, 0.717) is 15.7 Å². The summed E-state index contributed by atoms with van der Waals surface area (Å²) >= 11 is 3.16. The second kappa shape index (κ2) is 6.53. The zero-order valence-electron chi connectivity index (χ0n) is 10.9. The average molecular weight is 367 g/mol. The third-order valence-corrected chi connectivity index (χ3v) is 4.60. The third-order valence-electron chi connectivity index (χ3n) is 2.59. The summed E-state index contributed by atoms with van der Waals surface area (Å²) in [5, 5.41) is 9.37. The van der Waals surface area contributed by atoms with Crippen molar-refractivity contribution in [2.75, 3.05) is 19.4 Å². The van der Waals surface area contributed by atoms with Crippen molar-refractivity contribution in [3.05, 3.63) is 22.2 Å². The summed E-state index contributed by atoms with van der Waals surface area (Å²) in [6, 6.07) is 2.97. The zero-order valence-corrected chi connectivity index (χ0v) is 13.3. The van der Waals surface area contributed by atoms with E-state index in [1.165, 1.54) is 6.07 Å². The lowest BCUT2D eigenvalue weighted by molar-refractivity contribution is -0.149. The van der Waals surface area contributed by atoms with Crippen LogP contribution in [0.2, 0.25) is 0 Å². The van der Waals surface area contributed by atoms with Crippen molar-refractivity contribution < 1.29 is 23.1 Å². The number of ether oxygens (including phenoxy) is 1. The molecule has 0 spiro atoms. The lowest BCUT2D eigenvalue weighted by Gasteiger charge is -2.13. The van der Waals surface area contributed by atoms with E-state index in [0.717, 1.165) is 7.11 Å². The van der Waals surface area contributed by atoms with Crippen molar-refractivity contribution >= 4 is 37.6 Å². The van der Waals surface area contributed by atoms with Gasteiger partial charge in [-0.1, -0.05) is 15.9 Å². The van der Waals surface area contributed by atoms with Gasteiger partial charge in [-0.3, -0.25) is 0 Å². The summed E-state index contributed by atoms with van der Waals surface area (Å²) in [4.78, 5) is 11.0. The van der Waals surface area contributed by atoms with Gasteiger partial charge in [0.1, 0.15) is 0 Å². The number of sulfonamides is 1. The highest BCUT2D eigenvalue weighted by molar-refractivity contribution is 9.10. The molecule has 7 nitrogen and oxygen atoms in total. The first-order valence-electron chi connectivity index (χ1n) is 5.50. The Morgan fingerprint density at radius 1 is 1.55 bits per heavy atom. The highest BCUT2D eigenvalue weighted by Gasteiger charge is 2.22. The van der Waals surface area contributed by atoms with E-state index in [4.69, 9.17) is 5.73 Å². The van der Waals surface area contributed by atoms with Gasteiger partial charge in [0, 0.05) is 16.7 Å². The van der Waals surface area contributed by atoms with Gasteiger partial charge in [0.05, 0.1) is 12.0 Å². The number of carbonyl (C=O) groups excluding carboxylic acids is 1. The highest BCUT2D eigenvalue weighted by atomic mass is 79.9. The Morgan fingerprint density at radius 3 is 2.70 bits per heavy atom. The van der Waals surface area contributed by atoms with Crippen LogP contribution in [-0.4, -0.2) is 39.3 Å². The van der Waals surface area contributed by atoms with E-state index < -0.39 is 28.6 Å². The number of nitrogens with one attached hydrogen (secondary N) is 1. The number of carbonyl (C=O) groups is 1. The molecule has 1 rings (SSSR count). The molecule has 20 heavy (non-hydrogen) atoms. The topological polar surface area (TPSA) is 119 Å². The number of rotatable bonds is 5. The van der Waals surface area contributed by atoms with Gasteiger partial charge >= 0.3 is 5.97 Å². The van der Waals surface area contributed by atoms with E-state index in [9.17, 15) is 18.3 Å². The van der Waals surface area contributed by atoms with Gasteiger partial charge in [-0.2, -0.15) is 0 Å². The number of methoxy groups -OCH3 is 1. The molecule has 1 aromatic rings. The molecule has 1 aromatic carbocycles. The second-order valence-electron chi connectivity index (χ2n) is 4.01. The molecule has 0 saturated carbocycles. The largest absolute Gasteiger partial charge is 0.467 e. The number of halogens is 1. The lowest BCUT2D eigenvalue weighted by Crippen LogP contribution is -2.37. The van der Waals surface area contributed by atoms with Gasteiger partial charge in [0.15, 0.2) is 6.10 Å². The maximum absolute atomic E-state index is 12.1. The van der Waals surface area contributed by atoms with E-state index in [1.54, 1.807) is 13.0 Å². The van der Waals surface area contributed by atoms with E-state index in [-0.39, 0.29) is 4.90 Å². The number of aliphatic hydroxyl groups is 1. The molecule has 1 unspecified atom stereocenters. The Bertz CT molecular complexity index is 617. The number of nitrogen functional groups attached to an aromatic ring is 1. The van der Waals surface area contributed by atoms with Crippen molar-refractivity contribution in [1.29, 1.82) is 0 Å². The average Bonchev–Trinajstić information content (AvgIpc) is 2.39. The number of aliphatic hydroxyl groups excluding tert-OH is 1. The summed E-state index contributed by atoms with van der Waals surface area (Å²) in [6.45, 7) is 1.08. The second-order valence-corrected chi connectivity index (χ2v) is 6.66. The molecule has 4 N–H and O–H groups in total. The van der Waals surface area contributed by atoms with Crippen LogP contribution in [0.3, 0.4) is 0 Å². The predicted octanol–water partition coefficient (Wildman–Crippen LogP) is 0.152. The maximum Gasteiger partial charge on any atom is 0.336 e. The summed E-state index contributed by atoms with van der Waals surface area (Å²) < 4.78 is 31.2. The van der Waals surface area contributed by atoms with Crippen LogP contribution in [0.5, 0.6) is 0 Å². The SMILES string of the molecule is COC(=O)C(O)CNS(=O)(=O)c1cc(Br)cc(N)c1C. The maximum atomic E-state index is 12.1. The Hall–Kier alpha value is -1.16. The number of anilines is 1. The van der Waals surface area contributed by atoms with Gasteiger partial charge in [0.25, 0.3) is 0 Å². The first-order chi connectivity index (χ1) is 9.19. The first-order valence-corrected chi connectivity index (χ1v) is 7.78. The quantitative estimate of drug-likeness (QED) is 0.504. The van der Waals surface area contributed by atoms with Crippen LogP contribution in [0.1, 0.15) is 5.56 Å². The molecular formula is C11H15BrN2O5S. The molecule has 1 atom stereocenters. The number of esters is 1. The summed E-state index contributed by atoms with van der Waals surface area (Å²) in [6.07, 6.45) is -1.57. The van der Waals surface area contributed by atoms with Gasteiger partial charge in [0.2, 0.25) is 10.0 Å². The summed E-state index contributed by atoms with van der Waals surface area (Å²) in [5.74, 6) is -0.918. The minimum atomic E-state index is -3.90. The monoisotopic (exact) mass is 366 g/mol. The van der Waals surface area contributed by atoms with Gasteiger partial charge in [-0.25, -0.2) is 17.9 Å². The van der Waals surface area contributed by atoms with Crippen LogP contribution in [0.15, 0.2) is 21.5 Å². The molecule has 9 heteroatoms. The molecule has 0 amide bonds. The third kappa shape index (κ3) is 3.92. The van der Waals surface area contributed by atoms with Crippen LogP contribution >= 0.6 is 15.9 Å². The van der Waals surface area contributed by atoms with Crippen molar-refractivity contribution in [2.24, 2.45) is 0 Å². The molecule has 0 aliphatic rings. The Labute approximate surface area is 125 Å². The molecule has 0 aliphatic carbocycles. The van der Waals surface area contributed by atoms with Crippen molar-refractivity contribution in [2.45, 2.75) is 17.9 Å². The number of nitrogens with two attached hydrogens (primary N) is 1. The van der Waals surface area contributed by atoms with Crippen molar-refractivity contribution in [3.8, 4) is 0 Å². The van der Waals surface area contributed by atoms with Crippen LogP contribution in [0.25, 0.3) is 0 Å². The van der Waals surface area contributed by atoms with Crippen LogP contribution < -0.4 is 10.5 Å². The van der Waals surface area contributed by atoms with Crippen LogP contribution in [0.4, 0.5) is 5.69 Å². The minimum absolute atomic E-state index is 0.0264. The number of benzene rings is 1. The highest BCUT2D eigenvalue weighted by Crippen LogP contribution is 2.26. The van der Waals surface area contributed by atoms with Crippen LogP contribution in [0, 0.1) is 6.92 Å². The Kier molecular flexibility index (Phi) is 5.51. The summed E-state index contributed by atoms with van der Waals surface area (Å²) in [5.41, 5.74) is 6.39. The molecule has 0 saturated heterocycles. The van der Waals surface area contributed by atoms with E-state index >= 15 is 0 Å². The fourth-order valence-electron chi connectivity index (χ4n) is 1.44. The molecular weight excluding hydrogens is 352 g/mol. The van der Waals surface area contributed by atoms with E-state index in [1.807, 2.05) is 0 Å². The summed E-state index contributed by atoms with van der Waals surface area (Å²) in [7, 11) is -2.80. The van der Waals surface area contributed by atoms with E-state index in [2.05, 4.69) is 25.4 Å². The molecule has 0 aromatic heterocycles. The molecule has 0 aliphatic heterocycles. The fraction of sp³-hybridized carbons (Fsp3) is 0.364. The molecule has 112 valence electrons. The zero-order chi connectivity index (χ0) is 15.5.